The lowest BCUT2D eigenvalue weighted by molar-refractivity contribution is -0.118. The lowest BCUT2D eigenvalue weighted by Gasteiger charge is -2.07. The normalized spacial score (nSPS) is 10.4. The van der Waals surface area contributed by atoms with Crippen molar-refractivity contribution in [2.24, 2.45) is 0 Å². The van der Waals surface area contributed by atoms with Crippen LogP contribution in [0, 0.1) is 6.92 Å². The predicted octanol–water partition coefficient (Wildman–Crippen LogP) is 3.83. The number of nitrogens with zero attached hydrogens (tertiary/aromatic N) is 2. The average molecular weight is 388 g/mol. The molecule has 0 bridgehead atoms. The largest absolute Gasteiger partial charge is 0.484 e. The van der Waals surface area contributed by atoms with Gasteiger partial charge in [0.1, 0.15) is 5.75 Å². The Morgan fingerprint density at radius 2 is 2.00 bits per heavy atom. The first-order valence-electron chi connectivity index (χ1n) is 7.19. The molecule has 1 N–H and O–H groups in total. The molecule has 0 saturated heterocycles. The molecular weight excluding hydrogens is 374 g/mol. The summed E-state index contributed by atoms with van der Waals surface area (Å²) in [6.07, 6.45) is 0. The number of rotatable bonds is 5. The van der Waals surface area contributed by atoms with Crippen LogP contribution in [0.4, 0.5) is 5.82 Å². The highest BCUT2D eigenvalue weighted by atomic mass is 79.9. The van der Waals surface area contributed by atoms with Crippen LogP contribution in [0.15, 0.2) is 57.6 Å². The maximum absolute atomic E-state index is 12.1. The number of ether oxygens (including phenoxy) is 1. The number of carbonyl (C=O) groups is 1. The molecule has 0 atom stereocenters. The van der Waals surface area contributed by atoms with Crippen molar-refractivity contribution in [1.82, 2.24) is 10.3 Å². The number of aromatic nitrogens is 2. The Kier molecular flexibility index (Phi) is 4.90. The lowest BCUT2D eigenvalue weighted by atomic mass is 10.1. The molecule has 24 heavy (non-hydrogen) atoms. The summed E-state index contributed by atoms with van der Waals surface area (Å²) in [6.45, 7) is 1.83. The minimum atomic E-state index is -0.342. The van der Waals surface area contributed by atoms with E-state index in [0.29, 0.717) is 11.4 Å². The van der Waals surface area contributed by atoms with E-state index in [1.165, 1.54) is 0 Å². The van der Waals surface area contributed by atoms with Gasteiger partial charge in [-0.25, -0.2) is 4.63 Å². The number of anilines is 1. The summed E-state index contributed by atoms with van der Waals surface area (Å²) in [5.41, 5.74) is 2.31. The molecule has 6 nitrogen and oxygen atoms in total. The number of nitrogens with one attached hydrogen (secondary N) is 1. The van der Waals surface area contributed by atoms with Gasteiger partial charge in [-0.15, -0.1) is 0 Å². The van der Waals surface area contributed by atoms with Gasteiger partial charge in [0.05, 0.1) is 0 Å². The maximum atomic E-state index is 12.1. The number of hydrogen-bond donors (Lipinski definition) is 1. The van der Waals surface area contributed by atoms with Gasteiger partial charge in [-0.3, -0.25) is 4.79 Å². The van der Waals surface area contributed by atoms with Crippen molar-refractivity contribution >= 4 is 27.7 Å². The fourth-order valence-corrected chi connectivity index (χ4v) is 2.35. The van der Waals surface area contributed by atoms with Crippen molar-refractivity contribution in [3.05, 3.63) is 58.6 Å². The Morgan fingerprint density at radius 1 is 1.21 bits per heavy atom. The van der Waals surface area contributed by atoms with Crippen LogP contribution < -0.4 is 10.1 Å². The predicted molar refractivity (Wildman–Crippen MR) is 92.7 cm³/mol. The molecule has 1 aromatic heterocycles. The molecule has 0 aliphatic heterocycles. The van der Waals surface area contributed by atoms with E-state index < -0.39 is 0 Å². The van der Waals surface area contributed by atoms with Gasteiger partial charge in [-0.2, -0.15) is 0 Å². The molecule has 0 spiro atoms. The van der Waals surface area contributed by atoms with Crippen molar-refractivity contribution in [2.45, 2.75) is 6.92 Å². The van der Waals surface area contributed by atoms with E-state index in [2.05, 4.69) is 31.6 Å². The molecule has 122 valence electrons. The molecule has 0 fully saturated rings. The van der Waals surface area contributed by atoms with Crippen LogP contribution in [0.25, 0.3) is 11.3 Å². The monoisotopic (exact) mass is 387 g/mol. The van der Waals surface area contributed by atoms with E-state index in [1.54, 1.807) is 6.07 Å². The van der Waals surface area contributed by atoms with Crippen molar-refractivity contribution in [3.63, 3.8) is 0 Å². The van der Waals surface area contributed by atoms with Crippen molar-refractivity contribution in [1.29, 1.82) is 0 Å². The molecule has 3 rings (SSSR count). The zero-order valence-electron chi connectivity index (χ0n) is 12.8. The van der Waals surface area contributed by atoms with Gasteiger partial charge in [0, 0.05) is 10.0 Å². The highest BCUT2D eigenvalue weighted by Crippen LogP contribution is 2.25. The molecule has 7 heteroatoms. The molecule has 1 amide bonds. The quantitative estimate of drug-likeness (QED) is 0.719. The van der Waals surface area contributed by atoms with Gasteiger partial charge < -0.3 is 10.1 Å². The van der Waals surface area contributed by atoms with Crippen LogP contribution in [0.1, 0.15) is 5.56 Å². The number of amides is 1. The second-order valence-electron chi connectivity index (χ2n) is 5.12. The third-order valence-corrected chi connectivity index (χ3v) is 3.75. The van der Waals surface area contributed by atoms with E-state index >= 15 is 0 Å². The second-order valence-corrected chi connectivity index (χ2v) is 6.04. The molecule has 0 aliphatic carbocycles. The topological polar surface area (TPSA) is 77.2 Å². The lowest BCUT2D eigenvalue weighted by Crippen LogP contribution is -2.20. The highest BCUT2D eigenvalue weighted by Gasteiger charge is 2.15. The first kappa shape index (κ1) is 16.2. The third-order valence-electron chi connectivity index (χ3n) is 3.22. The molecule has 0 aliphatic rings. The van der Waals surface area contributed by atoms with Crippen molar-refractivity contribution in [2.75, 3.05) is 11.9 Å². The van der Waals surface area contributed by atoms with E-state index in [4.69, 9.17) is 9.37 Å². The van der Waals surface area contributed by atoms with Gasteiger partial charge in [0.2, 0.25) is 5.82 Å². The summed E-state index contributed by atoms with van der Waals surface area (Å²) >= 11 is 3.37. The number of carbonyl (C=O) groups excluding carboxylic acids is 1. The Labute approximate surface area is 146 Å². The average Bonchev–Trinajstić information content (AvgIpc) is 3.02. The first-order chi connectivity index (χ1) is 11.6. The van der Waals surface area contributed by atoms with Crippen LogP contribution >= 0.6 is 15.9 Å². The van der Waals surface area contributed by atoms with Gasteiger partial charge in [0.25, 0.3) is 5.91 Å². The van der Waals surface area contributed by atoms with Gasteiger partial charge in [-0.1, -0.05) is 40.2 Å². The van der Waals surface area contributed by atoms with E-state index in [9.17, 15) is 4.79 Å². The summed E-state index contributed by atoms with van der Waals surface area (Å²) in [5.74, 6) is 0.553. The van der Waals surface area contributed by atoms with Crippen molar-refractivity contribution in [3.8, 4) is 17.0 Å². The molecule has 2 aromatic carbocycles. The van der Waals surface area contributed by atoms with Crippen LogP contribution in [-0.2, 0) is 4.79 Å². The molecule has 3 aromatic rings. The fraction of sp³-hybridized carbons (Fsp3) is 0.118. The summed E-state index contributed by atoms with van der Waals surface area (Å²) in [7, 11) is 0. The molecule has 0 unspecified atom stereocenters. The molecule has 0 radical (unpaired) electrons. The van der Waals surface area contributed by atoms with E-state index in [0.717, 1.165) is 15.6 Å². The fourth-order valence-electron chi connectivity index (χ4n) is 2.09. The van der Waals surface area contributed by atoms with Crippen LogP contribution in [0.5, 0.6) is 5.75 Å². The number of benzene rings is 2. The summed E-state index contributed by atoms with van der Waals surface area (Å²) in [6, 6.07) is 14.9. The molecule has 0 saturated carbocycles. The minimum Gasteiger partial charge on any atom is -0.484 e. The zero-order chi connectivity index (χ0) is 16.9. The zero-order valence-corrected chi connectivity index (χ0v) is 14.4. The standard InChI is InChI=1S/C17H14BrN3O3/c1-11-3-2-4-14(9-11)23-10-15(22)19-17-16(20-24-21-17)12-5-7-13(18)8-6-12/h2-9H,10H2,1H3,(H,19,21,22). The first-order valence-corrected chi connectivity index (χ1v) is 7.99. The Morgan fingerprint density at radius 3 is 2.75 bits per heavy atom. The third kappa shape index (κ3) is 3.99. The van der Waals surface area contributed by atoms with Gasteiger partial charge in [-0.05, 0) is 47.1 Å². The number of halogens is 1. The highest BCUT2D eigenvalue weighted by molar-refractivity contribution is 9.10. The maximum Gasteiger partial charge on any atom is 0.263 e. The Balaban J connectivity index is 1.65. The van der Waals surface area contributed by atoms with E-state index in [1.807, 2.05) is 49.4 Å². The summed E-state index contributed by atoms with van der Waals surface area (Å²) in [4.78, 5) is 12.1. The SMILES string of the molecule is Cc1cccc(OCC(=O)Nc2nonc2-c2ccc(Br)cc2)c1. The van der Waals surface area contributed by atoms with Crippen LogP contribution in [0.3, 0.4) is 0 Å². The van der Waals surface area contributed by atoms with Gasteiger partial charge >= 0.3 is 0 Å². The van der Waals surface area contributed by atoms with Crippen LogP contribution in [-0.4, -0.2) is 22.8 Å². The van der Waals surface area contributed by atoms with Gasteiger partial charge in [0.15, 0.2) is 12.3 Å². The summed E-state index contributed by atoms with van der Waals surface area (Å²) < 4.78 is 11.1. The number of aryl methyl sites for hydroxylation is 1. The molecule has 1 heterocycles. The minimum absolute atomic E-state index is 0.129. The molecular formula is C17H14BrN3O3. The Bertz CT molecular complexity index is 846. The second kappa shape index (κ2) is 7.27. The smallest absolute Gasteiger partial charge is 0.263 e. The summed E-state index contributed by atoms with van der Waals surface area (Å²) in [5, 5.41) is 10.2. The van der Waals surface area contributed by atoms with E-state index in [-0.39, 0.29) is 18.3 Å². The van der Waals surface area contributed by atoms with Crippen LogP contribution in [0.2, 0.25) is 0 Å². The number of hydrogen-bond acceptors (Lipinski definition) is 5. The van der Waals surface area contributed by atoms with Crippen molar-refractivity contribution < 1.29 is 14.2 Å². The Hall–Kier alpha value is -2.67.